The van der Waals surface area contributed by atoms with Crippen LogP contribution < -0.4 is 4.90 Å². The molecule has 1 aliphatic heterocycles. The zero-order chi connectivity index (χ0) is 13.1. The molecule has 2 heterocycles. The number of nitriles is 1. The maximum absolute atomic E-state index is 8.88. The highest BCUT2D eigenvalue weighted by atomic mass is 16.5. The van der Waals surface area contributed by atoms with Gasteiger partial charge in [0.2, 0.25) is 0 Å². The molecule has 0 radical (unpaired) electrons. The second-order valence-electron chi connectivity index (χ2n) is 4.19. The predicted octanol–water partition coefficient (Wildman–Crippen LogP) is 1.44. The van der Waals surface area contributed by atoms with Crippen molar-refractivity contribution in [2.45, 2.75) is 0 Å². The zero-order valence-corrected chi connectivity index (χ0v) is 10.2. The van der Waals surface area contributed by atoms with E-state index in [1.807, 2.05) is 11.0 Å². The fraction of sp³-hybridized carbons (Fsp3) is 0.308. The van der Waals surface area contributed by atoms with E-state index in [2.05, 4.69) is 16.2 Å². The van der Waals surface area contributed by atoms with Crippen LogP contribution in [-0.2, 0) is 4.74 Å². The zero-order valence-electron chi connectivity index (χ0n) is 10.2. The summed E-state index contributed by atoms with van der Waals surface area (Å²) in [7, 11) is 0. The van der Waals surface area contributed by atoms with Crippen molar-refractivity contribution in [1.82, 2.24) is 10.1 Å². The Hall–Kier alpha value is -2.39. The first-order chi connectivity index (χ1) is 9.36. The molecule has 0 bridgehead atoms. The van der Waals surface area contributed by atoms with Gasteiger partial charge in [0.1, 0.15) is 0 Å². The molecule has 96 valence electrons. The number of benzene rings is 1. The van der Waals surface area contributed by atoms with Crippen molar-refractivity contribution in [2.75, 3.05) is 31.2 Å². The standard InChI is InChI=1S/C13H12N4O2/c14-9-10-2-1-3-11(8-10)12-15-13(16-19-12)17-4-6-18-7-5-17/h1-3,8H,4-7H2. The predicted molar refractivity (Wildman–Crippen MR) is 67.5 cm³/mol. The van der Waals surface area contributed by atoms with Crippen LogP contribution in [0.3, 0.4) is 0 Å². The third kappa shape index (κ3) is 2.41. The molecule has 6 heteroatoms. The lowest BCUT2D eigenvalue weighted by molar-refractivity contribution is 0.121. The third-order valence-corrected chi connectivity index (χ3v) is 2.95. The van der Waals surface area contributed by atoms with Crippen molar-refractivity contribution in [2.24, 2.45) is 0 Å². The number of rotatable bonds is 2. The van der Waals surface area contributed by atoms with Gasteiger partial charge < -0.3 is 14.2 Å². The lowest BCUT2D eigenvalue weighted by Crippen LogP contribution is -2.36. The average Bonchev–Trinajstić information content (AvgIpc) is 2.98. The minimum atomic E-state index is 0.429. The molecule has 6 nitrogen and oxygen atoms in total. The molecule has 1 fully saturated rings. The van der Waals surface area contributed by atoms with E-state index in [1.54, 1.807) is 18.2 Å². The monoisotopic (exact) mass is 256 g/mol. The molecule has 1 aliphatic rings. The Morgan fingerprint density at radius 3 is 2.89 bits per heavy atom. The van der Waals surface area contributed by atoms with Crippen molar-refractivity contribution in [3.63, 3.8) is 0 Å². The molecule has 0 aliphatic carbocycles. The van der Waals surface area contributed by atoms with Gasteiger partial charge >= 0.3 is 0 Å². The van der Waals surface area contributed by atoms with Crippen LogP contribution in [0, 0.1) is 11.3 Å². The second kappa shape index (κ2) is 5.08. The summed E-state index contributed by atoms with van der Waals surface area (Å²) in [6.45, 7) is 2.87. The molecule has 0 amide bonds. The summed E-state index contributed by atoms with van der Waals surface area (Å²) in [5.41, 5.74) is 1.33. The number of hydrogen-bond donors (Lipinski definition) is 0. The Morgan fingerprint density at radius 2 is 2.11 bits per heavy atom. The Bertz CT molecular complexity index is 611. The quantitative estimate of drug-likeness (QED) is 0.809. The first-order valence-corrected chi connectivity index (χ1v) is 6.04. The molecule has 1 saturated heterocycles. The number of anilines is 1. The lowest BCUT2D eigenvalue weighted by Gasteiger charge is -2.24. The van der Waals surface area contributed by atoms with Crippen LogP contribution >= 0.6 is 0 Å². The largest absolute Gasteiger partial charge is 0.378 e. The molecule has 0 unspecified atom stereocenters. The molecule has 0 atom stereocenters. The highest BCUT2D eigenvalue weighted by molar-refractivity contribution is 5.57. The van der Waals surface area contributed by atoms with Crippen molar-refractivity contribution in [3.8, 4) is 17.5 Å². The van der Waals surface area contributed by atoms with Gasteiger partial charge in [-0.1, -0.05) is 6.07 Å². The maximum atomic E-state index is 8.88. The van der Waals surface area contributed by atoms with Crippen molar-refractivity contribution in [3.05, 3.63) is 29.8 Å². The number of aromatic nitrogens is 2. The van der Waals surface area contributed by atoms with Gasteiger partial charge in [-0.15, -0.1) is 0 Å². The molecule has 0 spiro atoms. The highest BCUT2D eigenvalue weighted by Crippen LogP contribution is 2.21. The van der Waals surface area contributed by atoms with E-state index in [-0.39, 0.29) is 0 Å². The van der Waals surface area contributed by atoms with E-state index in [0.29, 0.717) is 30.6 Å². The molecule has 0 N–H and O–H groups in total. The number of ether oxygens (including phenoxy) is 1. The van der Waals surface area contributed by atoms with Gasteiger partial charge in [-0.25, -0.2) is 0 Å². The summed E-state index contributed by atoms with van der Waals surface area (Å²) in [6.07, 6.45) is 0. The Kier molecular flexibility index (Phi) is 3.12. The van der Waals surface area contributed by atoms with Gasteiger partial charge in [-0.05, 0) is 23.4 Å². The molecular weight excluding hydrogens is 244 g/mol. The summed E-state index contributed by atoms with van der Waals surface area (Å²) in [5.74, 6) is 0.999. The van der Waals surface area contributed by atoms with E-state index in [9.17, 15) is 0 Å². The smallest absolute Gasteiger partial charge is 0.266 e. The van der Waals surface area contributed by atoms with Crippen molar-refractivity contribution in [1.29, 1.82) is 5.26 Å². The number of hydrogen-bond acceptors (Lipinski definition) is 6. The Labute approximate surface area is 110 Å². The first-order valence-electron chi connectivity index (χ1n) is 6.04. The number of morpholine rings is 1. The normalized spacial score (nSPS) is 15.2. The van der Waals surface area contributed by atoms with Crippen molar-refractivity contribution < 1.29 is 9.26 Å². The minimum absolute atomic E-state index is 0.429. The molecule has 0 saturated carbocycles. The summed E-state index contributed by atoms with van der Waals surface area (Å²) in [4.78, 5) is 6.38. The van der Waals surface area contributed by atoms with Crippen LogP contribution in [0.25, 0.3) is 11.5 Å². The minimum Gasteiger partial charge on any atom is -0.378 e. The summed E-state index contributed by atoms with van der Waals surface area (Å²) in [6, 6.07) is 9.20. The topological polar surface area (TPSA) is 75.2 Å². The maximum Gasteiger partial charge on any atom is 0.266 e. The van der Waals surface area contributed by atoms with Crippen LogP contribution in [-0.4, -0.2) is 36.4 Å². The Balaban J connectivity index is 1.86. The van der Waals surface area contributed by atoms with Crippen molar-refractivity contribution >= 4 is 5.95 Å². The average molecular weight is 256 g/mol. The van der Waals surface area contributed by atoms with Crippen LogP contribution in [0.15, 0.2) is 28.8 Å². The fourth-order valence-electron chi connectivity index (χ4n) is 1.95. The second-order valence-corrected chi connectivity index (χ2v) is 4.19. The van der Waals surface area contributed by atoms with E-state index >= 15 is 0 Å². The van der Waals surface area contributed by atoms with E-state index in [1.165, 1.54) is 0 Å². The summed E-state index contributed by atoms with van der Waals surface area (Å²) < 4.78 is 10.5. The van der Waals surface area contributed by atoms with E-state index < -0.39 is 0 Å². The van der Waals surface area contributed by atoms with Gasteiger partial charge in [-0.3, -0.25) is 0 Å². The van der Waals surface area contributed by atoms with Gasteiger partial charge in [0.15, 0.2) is 0 Å². The Morgan fingerprint density at radius 1 is 1.26 bits per heavy atom. The molecule has 2 aromatic rings. The van der Waals surface area contributed by atoms with Crippen LogP contribution in [0.2, 0.25) is 0 Å². The third-order valence-electron chi connectivity index (χ3n) is 2.95. The van der Waals surface area contributed by atoms with Gasteiger partial charge in [0, 0.05) is 18.7 Å². The van der Waals surface area contributed by atoms with Gasteiger partial charge in [-0.2, -0.15) is 10.2 Å². The summed E-state index contributed by atoms with van der Waals surface area (Å²) in [5, 5.41) is 12.9. The van der Waals surface area contributed by atoms with Crippen LogP contribution in [0.4, 0.5) is 5.95 Å². The highest BCUT2D eigenvalue weighted by Gasteiger charge is 2.17. The molecule has 19 heavy (non-hydrogen) atoms. The molecule has 1 aromatic carbocycles. The van der Waals surface area contributed by atoms with Gasteiger partial charge in [0.25, 0.3) is 11.8 Å². The van der Waals surface area contributed by atoms with Gasteiger partial charge in [0.05, 0.1) is 24.8 Å². The molecular formula is C13H12N4O2. The molecule has 3 rings (SSSR count). The lowest BCUT2D eigenvalue weighted by atomic mass is 10.1. The summed E-state index contributed by atoms with van der Waals surface area (Å²) >= 11 is 0. The first kappa shape index (κ1) is 11.7. The fourth-order valence-corrected chi connectivity index (χ4v) is 1.95. The van der Waals surface area contributed by atoms with E-state index in [4.69, 9.17) is 14.5 Å². The van der Waals surface area contributed by atoms with Crippen LogP contribution in [0.1, 0.15) is 5.56 Å². The number of nitrogens with zero attached hydrogens (tertiary/aromatic N) is 4. The van der Waals surface area contributed by atoms with E-state index in [0.717, 1.165) is 18.7 Å². The molecule has 1 aromatic heterocycles. The SMILES string of the molecule is N#Cc1cccc(-c2nc(N3CCOCC3)no2)c1. The van der Waals surface area contributed by atoms with Crippen LogP contribution in [0.5, 0.6) is 0 Å².